The van der Waals surface area contributed by atoms with Gasteiger partial charge < -0.3 is 9.84 Å². The Balaban J connectivity index is 1.75. The zero-order chi connectivity index (χ0) is 13.9. The van der Waals surface area contributed by atoms with Crippen LogP contribution in [0, 0.1) is 11.7 Å². The summed E-state index contributed by atoms with van der Waals surface area (Å²) in [7, 11) is 0. The number of piperidine rings is 1. The van der Waals surface area contributed by atoms with Crippen LogP contribution in [0.15, 0.2) is 27.2 Å². The molecule has 0 spiro atoms. The minimum Gasteiger partial charge on any atom is -0.334 e. The fraction of sp³-hybridized carbons (Fsp3) is 0.429. The van der Waals surface area contributed by atoms with Gasteiger partial charge in [-0.05, 0) is 50.0 Å². The van der Waals surface area contributed by atoms with Gasteiger partial charge in [0, 0.05) is 10.9 Å². The van der Waals surface area contributed by atoms with Crippen LogP contribution in [0.3, 0.4) is 0 Å². The van der Waals surface area contributed by atoms with E-state index in [1.54, 1.807) is 12.1 Å². The van der Waals surface area contributed by atoms with E-state index in [-0.39, 0.29) is 11.7 Å². The van der Waals surface area contributed by atoms with Crippen molar-refractivity contribution in [2.45, 2.75) is 19.3 Å². The van der Waals surface area contributed by atoms with Crippen molar-refractivity contribution in [1.29, 1.82) is 0 Å². The summed E-state index contributed by atoms with van der Waals surface area (Å²) in [6, 6.07) is 4.79. The minimum absolute atomic E-state index is 0.244. The quantitative estimate of drug-likeness (QED) is 0.932. The Morgan fingerprint density at radius 1 is 1.45 bits per heavy atom. The molecule has 1 N–H and O–H groups in total. The molecule has 2 aromatic rings. The van der Waals surface area contributed by atoms with Crippen molar-refractivity contribution < 1.29 is 8.91 Å². The molecule has 1 aliphatic rings. The third kappa shape index (κ3) is 3.07. The standard InChI is InChI=1S/C14H15BrFN3O/c15-10-3-4-11(12(16)7-10)14-18-13(19-20-14)6-9-2-1-5-17-8-9/h3-4,7,9,17H,1-2,5-6,8H2. The molecule has 6 heteroatoms. The third-order valence-corrected chi connectivity index (χ3v) is 3.99. The molecule has 4 nitrogen and oxygen atoms in total. The molecule has 0 aliphatic carbocycles. The number of hydrogen-bond donors (Lipinski definition) is 1. The molecule has 1 fully saturated rings. The number of hydrogen-bond acceptors (Lipinski definition) is 4. The van der Waals surface area contributed by atoms with E-state index in [0.717, 1.165) is 19.5 Å². The van der Waals surface area contributed by atoms with Crippen LogP contribution in [-0.4, -0.2) is 23.2 Å². The zero-order valence-electron chi connectivity index (χ0n) is 10.9. The summed E-state index contributed by atoms with van der Waals surface area (Å²) in [4.78, 5) is 4.30. The monoisotopic (exact) mass is 339 g/mol. The van der Waals surface area contributed by atoms with Gasteiger partial charge in [-0.3, -0.25) is 0 Å². The van der Waals surface area contributed by atoms with Gasteiger partial charge in [0.2, 0.25) is 0 Å². The third-order valence-electron chi connectivity index (χ3n) is 3.50. The van der Waals surface area contributed by atoms with Crippen molar-refractivity contribution in [3.05, 3.63) is 34.3 Å². The minimum atomic E-state index is -0.367. The van der Waals surface area contributed by atoms with Crippen LogP contribution in [0.4, 0.5) is 4.39 Å². The Hall–Kier alpha value is -1.27. The SMILES string of the molecule is Fc1cc(Br)ccc1-c1nc(CC2CCCNC2)no1. The molecule has 1 unspecified atom stereocenters. The summed E-state index contributed by atoms with van der Waals surface area (Å²) in [5, 5.41) is 7.32. The van der Waals surface area contributed by atoms with Crippen molar-refractivity contribution in [3.8, 4) is 11.5 Å². The van der Waals surface area contributed by atoms with E-state index in [1.807, 2.05) is 0 Å². The lowest BCUT2D eigenvalue weighted by Gasteiger charge is -2.20. The highest BCUT2D eigenvalue weighted by molar-refractivity contribution is 9.10. The van der Waals surface area contributed by atoms with Gasteiger partial charge in [-0.2, -0.15) is 4.98 Å². The molecule has 106 valence electrons. The Bertz CT molecular complexity index is 596. The predicted octanol–water partition coefficient (Wildman–Crippen LogP) is 3.18. The van der Waals surface area contributed by atoms with E-state index in [4.69, 9.17) is 4.52 Å². The smallest absolute Gasteiger partial charge is 0.260 e. The predicted molar refractivity (Wildman–Crippen MR) is 76.7 cm³/mol. The second kappa shape index (κ2) is 6.01. The summed E-state index contributed by atoms with van der Waals surface area (Å²) in [5.74, 6) is 1.06. The molecule has 1 aromatic heterocycles. The van der Waals surface area contributed by atoms with Gasteiger partial charge in [-0.1, -0.05) is 21.1 Å². The Morgan fingerprint density at radius 2 is 2.35 bits per heavy atom. The van der Waals surface area contributed by atoms with Crippen LogP contribution >= 0.6 is 15.9 Å². The molecule has 1 atom stereocenters. The maximum Gasteiger partial charge on any atom is 0.260 e. The fourth-order valence-corrected chi connectivity index (χ4v) is 2.80. The molecule has 1 aliphatic heterocycles. The molecule has 1 aromatic carbocycles. The van der Waals surface area contributed by atoms with Gasteiger partial charge in [0.05, 0.1) is 5.56 Å². The van der Waals surface area contributed by atoms with Crippen LogP contribution in [0.2, 0.25) is 0 Å². The highest BCUT2D eigenvalue weighted by Gasteiger charge is 2.18. The second-order valence-corrected chi connectivity index (χ2v) is 5.97. The van der Waals surface area contributed by atoms with Crippen molar-refractivity contribution in [1.82, 2.24) is 15.5 Å². The van der Waals surface area contributed by atoms with Gasteiger partial charge in [0.1, 0.15) is 5.82 Å². The van der Waals surface area contributed by atoms with Crippen molar-refractivity contribution in [2.75, 3.05) is 13.1 Å². The highest BCUT2D eigenvalue weighted by atomic mass is 79.9. The lowest BCUT2D eigenvalue weighted by molar-refractivity contribution is 0.359. The van der Waals surface area contributed by atoms with Crippen LogP contribution in [0.25, 0.3) is 11.5 Å². The maximum absolute atomic E-state index is 13.8. The number of halogens is 2. The molecule has 2 heterocycles. The lowest BCUT2D eigenvalue weighted by atomic mass is 9.96. The number of nitrogens with one attached hydrogen (secondary N) is 1. The Kier molecular flexibility index (Phi) is 4.12. The Morgan fingerprint density at radius 3 is 3.10 bits per heavy atom. The number of aromatic nitrogens is 2. The molecule has 0 radical (unpaired) electrons. The van der Waals surface area contributed by atoms with E-state index < -0.39 is 0 Å². The van der Waals surface area contributed by atoms with Crippen molar-refractivity contribution in [3.63, 3.8) is 0 Å². The van der Waals surface area contributed by atoms with Gasteiger partial charge in [0.15, 0.2) is 5.82 Å². The van der Waals surface area contributed by atoms with E-state index in [2.05, 4.69) is 31.4 Å². The molecule has 20 heavy (non-hydrogen) atoms. The molecular weight excluding hydrogens is 325 g/mol. The van der Waals surface area contributed by atoms with E-state index in [9.17, 15) is 4.39 Å². The van der Waals surface area contributed by atoms with Crippen molar-refractivity contribution in [2.24, 2.45) is 5.92 Å². The summed E-state index contributed by atoms with van der Waals surface area (Å²) in [6.07, 6.45) is 3.12. The lowest BCUT2D eigenvalue weighted by Crippen LogP contribution is -2.31. The first kappa shape index (κ1) is 13.7. The van der Waals surface area contributed by atoms with Crippen molar-refractivity contribution >= 4 is 15.9 Å². The molecule has 0 saturated carbocycles. The normalized spacial score (nSPS) is 19.2. The largest absolute Gasteiger partial charge is 0.334 e. The first-order chi connectivity index (χ1) is 9.72. The first-order valence-electron chi connectivity index (χ1n) is 6.71. The maximum atomic E-state index is 13.8. The zero-order valence-corrected chi connectivity index (χ0v) is 12.5. The average molecular weight is 340 g/mol. The van der Waals surface area contributed by atoms with E-state index in [1.165, 1.54) is 18.9 Å². The first-order valence-corrected chi connectivity index (χ1v) is 7.50. The fourth-order valence-electron chi connectivity index (χ4n) is 2.47. The summed E-state index contributed by atoms with van der Waals surface area (Å²) < 4.78 is 19.7. The number of nitrogens with zero attached hydrogens (tertiary/aromatic N) is 2. The molecule has 1 saturated heterocycles. The van der Waals surface area contributed by atoms with Gasteiger partial charge in [-0.25, -0.2) is 4.39 Å². The number of rotatable bonds is 3. The summed E-state index contributed by atoms with van der Waals surface area (Å²) in [6.45, 7) is 2.06. The molecule has 0 amide bonds. The molecular formula is C14H15BrFN3O. The number of benzene rings is 1. The van der Waals surface area contributed by atoms with Gasteiger partial charge >= 0.3 is 0 Å². The van der Waals surface area contributed by atoms with Crippen LogP contribution in [0.5, 0.6) is 0 Å². The second-order valence-electron chi connectivity index (χ2n) is 5.06. The molecule has 0 bridgehead atoms. The van der Waals surface area contributed by atoms with Gasteiger partial charge in [0.25, 0.3) is 5.89 Å². The van der Waals surface area contributed by atoms with E-state index >= 15 is 0 Å². The summed E-state index contributed by atoms with van der Waals surface area (Å²) >= 11 is 3.23. The molecule has 3 rings (SSSR count). The average Bonchev–Trinajstić information content (AvgIpc) is 2.88. The highest BCUT2D eigenvalue weighted by Crippen LogP contribution is 2.25. The van der Waals surface area contributed by atoms with E-state index in [0.29, 0.717) is 21.8 Å². The summed E-state index contributed by atoms with van der Waals surface area (Å²) in [5.41, 5.74) is 0.341. The van der Waals surface area contributed by atoms with Gasteiger partial charge in [-0.15, -0.1) is 0 Å². The van der Waals surface area contributed by atoms with Crippen LogP contribution in [0.1, 0.15) is 18.7 Å². The van der Waals surface area contributed by atoms with Crippen LogP contribution < -0.4 is 5.32 Å². The van der Waals surface area contributed by atoms with Crippen LogP contribution in [-0.2, 0) is 6.42 Å². The topological polar surface area (TPSA) is 51.0 Å². The Labute approximate surface area is 124 Å².